The zero-order valence-corrected chi connectivity index (χ0v) is 16.2. The number of carbonyl (C=O) groups is 1. The van der Waals surface area contributed by atoms with Crippen molar-refractivity contribution >= 4 is 11.6 Å². The van der Waals surface area contributed by atoms with E-state index >= 15 is 0 Å². The highest BCUT2D eigenvalue weighted by molar-refractivity contribution is 6.05. The van der Waals surface area contributed by atoms with Gasteiger partial charge >= 0.3 is 0 Å². The molecular weight excluding hydrogens is 384 g/mol. The molecule has 1 aliphatic rings. The van der Waals surface area contributed by atoms with Crippen molar-refractivity contribution in [2.45, 2.75) is 31.1 Å². The molecular formula is C24H19F2N3O. The first kappa shape index (κ1) is 19.7. The Labute approximate surface area is 173 Å². The van der Waals surface area contributed by atoms with Gasteiger partial charge in [0.25, 0.3) is 5.91 Å². The van der Waals surface area contributed by atoms with E-state index in [1.54, 1.807) is 12.1 Å². The van der Waals surface area contributed by atoms with Crippen LogP contribution in [0, 0.1) is 23.0 Å². The third kappa shape index (κ3) is 3.92. The molecule has 1 fully saturated rings. The van der Waals surface area contributed by atoms with Crippen molar-refractivity contribution in [3.63, 3.8) is 0 Å². The highest BCUT2D eigenvalue weighted by atomic mass is 19.1. The Morgan fingerprint density at radius 3 is 2.37 bits per heavy atom. The molecule has 150 valence electrons. The number of rotatable bonds is 4. The monoisotopic (exact) mass is 403 g/mol. The summed E-state index contributed by atoms with van der Waals surface area (Å²) in [7, 11) is 0. The zero-order valence-electron chi connectivity index (χ0n) is 16.2. The smallest absolute Gasteiger partial charge is 0.255 e. The van der Waals surface area contributed by atoms with Crippen LogP contribution < -0.4 is 5.32 Å². The van der Waals surface area contributed by atoms with Crippen LogP contribution in [-0.2, 0) is 5.41 Å². The van der Waals surface area contributed by atoms with Gasteiger partial charge in [0, 0.05) is 16.8 Å². The fraction of sp³-hybridized carbons (Fsp3) is 0.208. The van der Waals surface area contributed by atoms with Crippen LogP contribution in [0.5, 0.6) is 0 Å². The summed E-state index contributed by atoms with van der Waals surface area (Å²) in [6, 6.07) is 16.2. The fourth-order valence-electron chi connectivity index (χ4n) is 3.93. The number of anilines is 1. The molecule has 1 saturated carbocycles. The van der Waals surface area contributed by atoms with E-state index in [1.807, 2.05) is 12.1 Å². The Morgan fingerprint density at radius 2 is 1.73 bits per heavy atom. The van der Waals surface area contributed by atoms with Crippen molar-refractivity contribution in [1.82, 2.24) is 4.98 Å². The third-order valence-corrected chi connectivity index (χ3v) is 5.55. The number of amides is 1. The molecule has 2 aromatic carbocycles. The van der Waals surface area contributed by atoms with Gasteiger partial charge in [-0.05, 0) is 60.9 Å². The van der Waals surface area contributed by atoms with Crippen LogP contribution in [0.15, 0.2) is 60.8 Å². The van der Waals surface area contributed by atoms with Gasteiger partial charge in [-0.15, -0.1) is 0 Å². The maximum atomic E-state index is 14.1. The minimum atomic E-state index is -0.587. The molecule has 1 aromatic heterocycles. The second-order valence-electron chi connectivity index (χ2n) is 7.52. The van der Waals surface area contributed by atoms with E-state index in [4.69, 9.17) is 0 Å². The lowest BCUT2D eigenvalue weighted by molar-refractivity contribution is 0.102. The van der Waals surface area contributed by atoms with Crippen molar-refractivity contribution in [2.24, 2.45) is 0 Å². The highest BCUT2D eigenvalue weighted by Gasteiger charge is 2.35. The van der Waals surface area contributed by atoms with Crippen LogP contribution in [0.3, 0.4) is 0 Å². The Morgan fingerprint density at radius 1 is 1.00 bits per heavy atom. The Balaban J connectivity index is 1.54. The van der Waals surface area contributed by atoms with Crippen molar-refractivity contribution in [1.29, 1.82) is 5.26 Å². The molecule has 6 heteroatoms. The van der Waals surface area contributed by atoms with Crippen LogP contribution in [0.25, 0.3) is 11.3 Å². The molecule has 4 rings (SSSR count). The lowest BCUT2D eigenvalue weighted by atomic mass is 9.80. The van der Waals surface area contributed by atoms with Gasteiger partial charge < -0.3 is 5.32 Å². The van der Waals surface area contributed by atoms with E-state index in [0.717, 1.165) is 43.5 Å². The minimum absolute atomic E-state index is 0.129. The van der Waals surface area contributed by atoms with Gasteiger partial charge in [0.15, 0.2) is 0 Å². The average molecular weight is 403 g/mol. The molecule has 1 amide bonds. The predicted octanol–water partition coefficient (Wildman–Crippen LogP) is 5.61. The molecule has 1 N–H and O–H groups in total. The maximum Gasteiger partial charge on any atom is 0.255 e. The first-order chi connectivity index (χ1) is 14.5. The second kappa shape index (κ2) is 8.03. The van der Waals surface area contributed by atoms with E-state index in [2.05, 4.69) is 16.4 Å². The SMILES string of the molecule is N#CC1(c2ccc(NC(=O)c3cc(F)cc(-c4ccc(F)cn4)c3)cc2)CCCC1. The average Bonchev–Trinajstić information content (AvgIpc) is 3.25. The van der Waals surface area contributed by atoms with Crippen molar-refractivity contribution in [3.05, 3.63) is 83.6 Å². The normalized spacial score (nSPS) is 14.8. The third-order valence-electron chi connectivity index (χ3n) is 5.55. The highest BCUT2D eigenvalue weighted by Crippen LogP contribution is 2.40. The molecule has 0 atom stereocenters. The lowest BCUT2D eigenvalue weighted by Crippen LogP contribution is -2.19. The summed E-state index contributed by atoms with van der Waals surface area (Å²) in [5.41, 5.74) is 1.95. The molecule has 1 aliphatic carbocycles. The zero-order chi connectivity index (χ0) is 21.1. The van der Waals surface area contributed by atoms with E-state index in [1.165, 1.54) is 24.3 Å². The molecule has 0 unspecified atom stereocenters. The predicted molar refractivity (Wildman–Crippen MR) is 110 cm³/mol. The van der Waals surface area contributed by atoms with Crippen LogP contribution in [0.4, 0.5) is 14.5 Å². The van der Waals surface area contributed by atoms with Crippen LogP contribution in [0.1, 0.15) is 41.6 Å². The number of carbonyl (C=O) groups excluding carboxylic acids is 1. The number of benzene rings is 2. The number of nitrogens with one attached hydrogen (secondary N) is 1. The van der Waals surface area contributed by atoms with Crippen LogP contribution in [0.2, 0.25) is 0 Å². The van der Waals surface area contributed by atoms with Gasteiger partial charge in [-0.3, -0.25) is 9.78 Å². The number of aromatic nitrogens is 1. The van der Waals surface area contributed by atoms with Gasteiger partial charge in [0.05, 0.1) is 23.4 Å². The van der Waals surface area contributed by atoms with Crippen molar-refractivity contribution in [2.75, 3.05) is 5.32 Å². The minimum Gasteiger partial charge on any atom is -0.322 e. The van der Waals surface area contributed by atoms with Gasteiger partial charge in [0.2, 0.25) is 0 Å². The number of nitrogens with zero attached hydrogens (tertiary/aromatic N) is 2. The quantitative estimate of drug-likeness (QED) is 0.615. The standard InChI is InChI=1S/C24H19F2N3O/c25-19-5-8-22(28-14-19)16-11-17(13-20(26)12-16)23(30)29-21-6-3-18(4-7-21)24(15-27)9-1-2-10-24/h3-8,11-14H,1-2,9-10H2,(H,29,30). The lowest BCUT2D eigenvalue weighted by Gasteiger charge is -2.21. The maximum absolute atomic E-state index is 14.1. The molecule has 3 aromatic rings. The summed E-state index contributed by atoms with van der Waals surface area (Å²) in [6.07, 6.45) is 4.81. The molecule has 4 nitrogen and oxygen atoms in total. The summed E-state index contributed by atoms with van der Waals surface area (Å²) in [4.78, 5) is 16.6. The largest absolute Gasteiger partial charge is 0.322 e. The van der Waals surface area contributed by atoms with Crippen molar-refractivity contribution in [3.8, 4) is 17.3 Å². The molecule has 30 heavy (non-hydrogen) atoms. The molecule has 0 radical (unpaired) electrons. The molecule has 0 bridgehead atoms. The van der Waals surface area contributed by atoms with Crippen LogP contribution in [-0.4, -0.2) is 10.9 Å². The van der Waals surface area contributed by atoms with E-state index in [9.17, 15) is 18.8 Å². The van der Waals surface area contributed by atoms with E-state index in [-0.39, 0.29) is 5.56 Å². The molecule has 0 aliphatic heterocycles. The summed E-state index contributed by atoms with van der Waals surface area (Å²) in [5.74, 6) is -1.55. The Kier molecular flexibility index (Phi) is 5.28. The van der Waals surface area contributed by atoms with Gasteiger partial charge in [-0.1, -0.05) is 25.0 Å². The van der Waals surface area contributed by atoms with Gasteiger partial charge in [-0.2, -0.15) is 5.26 Å². The Hall–Kier alpha value is -3.59. The summed E-state index contributed by atoms with van der Waals surface area (Å²) >= 11 is 0. The first-order valence-corrected chi connectivity index (χ1v) is 9.75. The van der Waals surface area contributed by atoms with Gasteiger partial charge in [0.1, 0.15) is 11.6 Å². The van der Waals surface area contributed by atoms with E-state index < -0.39 is 23.0 Å². The molecule has 1 heterocycles. The van der Waals surface area contributed by atoms with Crippen LogP contribution >= 0.6 is 0 Å². The number of hydrogen-bond acceptors (Lipinski definition) is 3. The second-order valence-corrected chi connectivity index (χ2v) is 7.52. The summed E-state index contributed by atoms with van der Waals surface area (Å²) < 4.78 is 27.2. The number of halogens is 2. The number of hydrogen-bond donors (Lipinski definition) is 1. The topological polar surface area (TPSA) is 65.8 Å². The first-order valence-electron chi connectivity index (χ1n) is 9.75. The van der Waals surface area contributed by atoms with Gasteiger partial charge in [-0.25, -0.2) is 8.78 Å². The fourth-order valence-corrected chi connectivity index (χ4v) is 3.93. The summed E-state index contributed by atoms with van der Waals surface area (Å²) in [6.45, 7) is 0. The summed E-state index contributed by atoms with van der Waals surface area (Å²) in [5, 5.41) is 12.4. The number of nitriles is 1. The van der Waals surface area contributed by atoms with E-state index in [0.29, 0.717) is 16.9 Å². The Bertz CT molecular complexity index is 1110. The molecule has 0 spiro atoms. The molecule has 0 saturated heterocycles. The number of pyridine rings is 1. The van der Waals surface area contributed by atoms with Crippen molar-refractivity contribution < 1.29 is 13.6 Å².